The van der Waals surface area contributed by atoms with Crippen molar-refractivity contribution in [2.45, 2.75) is 105 Å². The Morgan fingerprint density at radius 1 is 0.667 bits per heavy atom. The molecule has 136 valence electrons. The van der Waals surface area contributed by atoms with Crippen molar-refractivity contribution in [3.8, 4) is 0 Å². The molecule has 0 aromatic heterocycles. The molecule has 0 nitrogen and oxygen atoms in total. The lowest BCUT2D eigenvalue weighted by Gasteiger charge is -2.22. The SMILES string of the molecule is C=Cc1cc(CCCC)c(CCCC)c(CCCC)c1CCCC. The van der Waals surface area contributed by atoms with Crippen molar-refractivity contribution in [2.75, 3.05) is 0 Å². The monoisotopic (exact) mass is 328 g/mol. The van der Waals surface area contributed by atoms with Crippen molar-refractivity contribution in [2.24, 2.45) is 0 Å². The van der Waals surface area contributed by atoms with Gasteiger partial charge in [-0.1, -0.05) is 72.1 Å². The van der Waals surface area contributed by atoms with Crippen LogP contribution in [-0.4, -0.2) is 0 Å². The maximum atomic E-state index is 4.13. The van der Waals surface area contributed by atoms with E-state index in [2.05, 4.69) is 46.4 Å². The summed E-state index contributed by atoms with van der Waals surface area (Å²) in [5, 5.41) is 0. The molecule has 0 amide bonds. The van der Waals surface area contributed by atoms with Crippen molar-refractivity contribution in [3.05, 3.63) is 40.5 Å². The second-order valence-electron chi connectivity index (χ2n) is 7.18. The Labute approximate surface area is 151 Å². The highest BCUT2D eigenvalue weighted by molar-refractivity contribution is 5.59. The summed E-state index contributed by atoms with van der Waals surface area (Å²) in [5.74, 6) is 0. The topological polar surface area (TPSA) is 0 Å². The van der Waals surface area contributed by atoms with Crippen molar-refractivity contribution < 1.29 is 0 Å². The Hall–Kier alpha value is -1.04. The van der Waals surface area contributed by atoms with Gasteiger partial charge in [0.15, 0.2) is 0 Å². The Morgan fingerprint density at radius 3 is 1.62 bits per heavy atom. The molecule has 0 aliphatic heterocycles. The van der Waals surface area contributed by atoms with E-state index in [9.17, 15) is 0 Å². The molecule has 24 heavy (non-hydrogen) atoms. The maximum Gasteiger partial charge on any atom is -0.0225 e. The minimum atomic E-state index is 1.23. The number of rotatable bonds is 13. The van der Waals surface area contributed by atoms with Crippen molar-refractivity contribution in [3.63, 3.8) is 0 Å². The van der Waals surface area contributed by atoms with Crippen molar-refractivity contribution in [1.29, 1.82) is 0 Å². The smallest absolute Gasteiger partial charge is 0.0225 e. The van der Waals surface area contributed by atoms with Crippen LogP contribution in [-0.2, 0) is 25.7 Å². The van der Waals surface area contributed by atoms with Gasteiger partial charge in [0, 0.05) is 0 Å². The molecule has 0 N–H and O–H groups in total. The molecule has 0 unspecified atom stereocenters. The molecule has 0 saturated heterocycles. The fourth-order valence-corrected chi connectivity index (χ4v) is 3.65. The van der Waals surface area contributed by atoms with E-state index in [1.165, 1.54) is 82.6 Å². The van der Waals surface area contributed by atoms with Crippen LogP contribution in [0.4, 0.5) is 0 Å². The normalized spacial score (nSPS) is 11.0. The van der Waals surface area contributed by atoms with Gasteiger partial charge in [-0.05, 0) is 79.2 Å². The van der Waals surface area contributed by atoms with Gasteiger partial charge in [0.1, 0.15) is 0 Å². The summed E-state index contributed by atoms with van der Waals surface area (Å²) in [5.41, 5.74) is 8.05. The highest BCUT2D eigenvalue weighted by atomic mass is 14.2. The Kier molecular flexibility index (Phi) is 10.8. The first kappa shape index (κ1) is 21.0. The molecule has 0 atom stereocenters. The van der Waals surface area contributed by atoms with Crippen LogP contribution in [0.3, 0.4) is 0 Å². The highest BCUT2D eigenvalue weighted by Crippen LogP contribution is 2.30. The van der Waals surface area contributed by atoms with Crippen LogP contribution in [0, 0.1) is 0 Å². The third-order valence-electron chi connectivity index (χ3n) is 5.15. The lowest BCUT2D eigenvalue weighted by Crippen LogP contribution is -2.08. The van der Waals surface area contributed by atoms with Crippen molar-refractivity contribution >= 4 is 6.08 Å². The fraction of sp³-hybridized carbons (Fsp3) is 0.667. The molecule has 1 aromatic rings. The first-order valence-electron chi connectivity index (χ1n) is 10.5. The van der Waals surface area contributed by atoms with E-state index in [0.717, 1.165) is 0 Å². The van der Waals surface area contributed by atoms with Crippen LogP contribution >= 0.6 is 0 Å². The highest BCUT2D eigenvalue weighted by Gasteiger charge is 2.16. The Morgan fingerprint density at radius 2 is 1.12 bits per heavy atom. The second-order valence-corrected chi connectivity index (χ2v) is 7.18. The number of hydrogen-bond donors (Lipinski definition) is 0. The first-order valence-corrected chi connectivity index (χ1v) is 10.5. The van der Waals surface area contributed by atoms with E-state index in [1.807, 2.05) is 0 Å². The van der Waals surface area contributed by atoms with E-state index in [4.69, 9.17) is 0 Å². The van der Waals surface area contributed by atoms with Gasteiger partial charge in [-0.25, -0.2) is 0 Å². The minimum Gasteiger partial charge on any atom is -0.0985 e. The van der Waals surface area contributed by atoms with Crippen LogP contribution in [0.1, 0.15) is 107 Å². The zero-order chi connectivity index (χ0) is 17.8. The zero-order valence-electron chi connectivity index (χ0n) is 16.8. The maximum absolute atomic E-state index is 4.13. The van der Waals surface area contributed by atoms with Crippen LogP contribution in [0.2, 0.25) is 0 Å². The van der Waals surface area contributed by atoms with Gasteiger partial charge in [-0.3, -0.25) is 0 Å². The van der Waals surface area contributed by atoms with E-state index >= 15 is 0 Å². The number of benzene rings is 1. The average molecular weight is 329 g/mol. The molecule has 0 fully saturated rings. The molecule has 0 spiro atoms. The van der Waals surface area contributed by atoms with Crippen molar-refractivity contribution in [1.82, 2.24) is 0 Å². The van der Waals surface area contributed by atoms with E-state index in [0.29, 0.717) is 0 Å². The largest absolute Gasteiger partial charge is 0.0985 e. The van der Waals surface area contributed by atoms with Gasteiger partial charge in [-0.15, -0.1) is 0 Å². The zero-order valence-corrected chi connectivity index (χ0v) is 16.8. The van der Waals surface area contributed by atoms with E-state index in [1.54, 1.807) is 22.3 Å². The summed E-state index contributed by atoms with van der Waals surface area (Å²) >= 11 is 0. The minimum absolute atomic E-state index is 1.23. The third kappa shape index (κ3) is 6.11. The summed E-state index contributed by atoms with van der Waals surface area (Å²) < 4.78 is 0. The molecule has 0 heterocycles. The Balaban J connectivity index is 3.39. The lowest BCUT2D eigenvalue weighted by molar-refractivity contribution is 0.718. The summed E-state index contributed by atoms with van der Waals surface area (Å²) in [6.45, 7) is 13.4. The first-order chi connectivity index (χ1) is 11.7. The number of hydrogen-bond acceptors (Lipinski definition) is 0. The Bertz CT molecular complexity index is 481. The summed E-state index contributed by atoms with van der Waals surface area (Å²) in [6.07, 6.45) is 17.4. The summed E-state index contributed by atoms with van der Waals surface area (Å²) in [4.78, 5) is 0. The summed E-state index contributed by atoms with van der Waals surface area (Å²) in [6, 6.07) is 2.48. The molecule has 0 heteroatoms. The average Bonchev–Trinajstić information content (AvgIpc) is 2.61. The molecular formula is C24H40. The molecule has 0 aliphatic rings. The van der Waals surface area contributed by atoms with Crippen LogP contribution < -0.4 is 0 Å². The van der Waals surface area contributed by atoms with Gasteiger partial charge in [0.2, 0.25) is 0 Å². The van der Waals surface area contributed by atoms with Gasteiger partial charge in [0.05, 0.1) is 0 Å². The molecule has 1 rings (SSSR count). The van der Waals surface area contributed by atoms with Gasteiger partial charge >= 0.3 is 0 Å². The predicted molar refractivity (Wildman–Crippen MR) is 111 cm³/mol. The van der Waals surface area contributed by atoms with E-state index in [-0.39, 0.29) is 0 Å². The number of aryl methyl sites for hydroxylation is 1. The fourth-order valence-electron chi connectivity index (χ4n) is 3.65. The van der Waals surface area contributed by atoms with Gasteiger partial charge in [0.25, 0.3) is 0 Å². The molecular weight excluding hydrogens is 288 g/mol. The third-order valence-corrected chi connectivity index (χ3v) is 5.15. The molecule has 0 bridgehead atoms. The lowest BCUT2D eigenvalue weighted by atomic mass is 9.83. The van der Waals surface area contributed by atoms with Crippen LogP contribution in [0.15, 0.2) is 12.6 Å². The second kappa shape index (κ2) is 12.3. The quantitative estimate of drug-likeness (QED) is 0.348. The van der Waals surface area contributed by atoms with E-state index < -0.39 is 0 Å². The van der Waals surface area contributed by atoms with Gasteiger partial charge < -0.3 is 0 Å². The molecule has 0 radical (unpaired) electrons. The molecule has 1 aromatic carbocycles. The number of unbranched alkanes of at least 4 members (excludes halogenated alkanes) is 4. The molecule has 0 aliphatic carbocycles. The standard InChI is InChI=1S/C24H40/c1-6-11-15-21-19-20(10-5)22(16-12-7-2)24(18-14-9-4)23(21)17-13-8-3/h10,19H,5-9,11-18H2,1-4H3. The summed E-state index contributed by atoms with van der Waals surface area (Å²) in [7, 11) is 0. The van der Waals surface area contributed by atoms with Crippen LogP contribution in [0.25, 0.3) is 6.08 Å². The van der Waals surface area contributed by atoms with Crippen LogP contribution in [0.5, 0.6) is 0 Å². The molecule has 0 saturated carbocycles. The van der Waals surface area contributed by atoms with Gasteiger partial charge in [-0.2, -0.15) is 0 Å². The predicted octanol–water partition coefficient (Wildman–Crippen LogP) is 7.70.